The van der Waals surface area contributed by atoms with Gasteiger partial charge in [0.2, 0.25) is 0 Å². The summed E-state index contributed by atoms with van der Waals surface area (Å²) < 4.78 is 5.35. The number of amides is 1. The van der Waals surface area contributed by atoms with Gasteiger partial charge in [-0.25, -0.2) is 4.79 Å². The third-order valence-corrected chi connectivity index (χ3v) is 3.31. The second-order valence-electron chi connectivity index (χ2n) is 6.29. The molecular weight excluding hydrogens is 312 g/mol. The lowest BCUT2D eigenvalue weighted by Gasteiger charge is -2.23. The Morgan fingerprint density at radius 3 is 2.57 bits per heavy atom. The molecule has 1 N–H and O–H groups in total. The number of carbonyl (C=O) groups is 1. The average molecular weight is 333 g/mol. The molecule has 4 nitrogen and oxygen atoms in total. The van der Waals surface area contributed by atoms with Gasteiger partial charge in [0.1, 0.15) is 5.60 Å². The number of pyridine rings is 1. The minimum absolute atomic E-state index is 0.314. The highest BCUT2D eigenvalue weighted by atomic mass is 35.5. The Morgan fingerprint density at radius 1 is 1.26 bits per heavy atom. The van der Waals surface area contributed by atoms with Crippen LogP contribution in [0.2, 0.25) is 5.02 Å². The van der Waals surface area contributed by atoms with Crippen molar-refractivity contribution in [2.24, 2.45) is 0 Å². The number of alkyl carbamates (subject to hydrolysis) is 1. The molecule has 0 fully saturated rings. The second-order valence-corrected chi connectivity index (χ2v) is 6.72. The van der Waals surface area contributed by atoms with Crippen LogP contribution in [0.5, 0.6) is 0 Å². The topological polar surface area (TPSA) is 51.2 Å². The fourth-order valence-corrected chi connectivity index (χ4v) is 2.31. The van der Waals surface area contributed by atoms with Crippen LogP contribution in [-0.4, -0.2) is 16.7 Å². The highest BCUT2D eigenvalue weighted by Crippen LogP contribution is 2.20. The predicted octanol–water partition coefficient (Wildman–Crippen LogP) is 4.54. The van der Waals surface area contributed by atoms with Gasteiger partial charge < -0.3 is 10.1 Å². The van der Waals surface area contributed by atoms with E-state index in [0.29, 0.717) is 17.1 Å². The lowest BCUT2D eigenvalue weighted by molar-refractivity contribution is 0.0502. The summed E-state index contributed by atoms with van der Waals surface area (Å²) in [7, 11) is 0. The molecule has 0 aliphatic heterocycles. The molecule has 0 saturated carbocycles. The first kappa shape index (κ1) is 17.3. The molecule has 1 aromatic carbocycles. The number of aromatic nitrogens is 1. The third-order valence-electron chi connectivity index (χ3n) is 3.07. The van der Waals surface area contributed by atoms with Crippen LogP contribution in [-0.2, 0) is 11.2 Å². The van der Waals surface area contributed by atoms with Gasteiger partial charge in [-0.1, -0.05) is 41.9 Å². The van der Waals surface area contributed by atoms with Gasteiger partial charge in [0.15, 0.2) is 0 Å². The maximum Gasteiger partial charge on any atom is 0.408 e. The van der Waals surface area contributed by atoms with E-state index in [4.69, 9.17) is 16.3 Å². The van der Waals surface area contributed by atoms with Crippen LogP contribution in [0.3, 0.4) is 0 Å². The summed E-state index contributed by atoms with van der Waals surface area (Å²) in [4.78, 5) is 16.5. The van der Waals surface area contributed by atoms with Crippen molar-refractivity contribution < 1.29 is 9.53 Å². The maximum atomic E-state index is 12.1. The molecule has 0 unspecified atom stereocenters. The Hall–Kier alpha value is -2.07. The summed E-state index contributed by atoms with van der Waals surface area (Å²) in [5.41, 5.74) is 1.24. The van der Waals surface area contributed by atoms with Gasteiger partial charge in [0, 0.05) is 11.2 Å². The molecular formula is C18H21ClN2O2. The zero-order valence-electron chi connectivity index (χ0n) is 13.5. The molecule has 1 atom stereocenters. The molecule has 0 aliphatic rings. The van der Waals surface area contributed by atoms with E-state index in [-0.39, 0.29) is 6.04 Å². The monoisotopic (exact) mass is 332 g/mol. The fraction of sp³-hybridized carbons (Fsp3) is 0.333. The maximum absolute atomic E-state index is 12.1. The Balaban J connectivity index is 2.19. The minimum Gasteiger partial charge on any atom is -0.444 e. The molecule has 0 aliphatic carbocycles. The fourth-order valence-electron chi connectivity index (χ4n) is 2.14. The van der Waals surface area contributed by atoms with Crippen molar-refractivity contribution in [2.45, 2.75) is 38.8 Å². The number of nitrogens with one attached hydrogen (secondary N) is 1. The van der Waals surface area contributed by atoms with Gasteiger partial charge in [-0.3, -0.25) is 4.98 Å². The molecule has 5 heteroatoms. The number of benzene rings is 1. The average Bonchev–Trinajstić information content (AvgIpc) is 2.45. The lowest BCUT2D eigenvalue weighted by atomic mass is 10.0. The van der Waals surface area contributed by atoms with Gasteiger partial charge in [-0.05, 0) is 44.9 Å². The Bertz CT molecular complexity index is 654. The second kappa shape index (κ2) is 7.47. The summed E-state index contributed by atoms with van der Waals surface area (Å²) >= 11 is 6.05. The Labute approximate surface area is 141 Å². The SMILES string of the molecule is CC(C)(C)OC(=O)N[C@@H](Cc1ccccc1)c1cc(Cl)ccn1. The molecule has 0 bridgehead atoms. The Kier molecular flexibility index (Phi) is 5.61. The molecule has 0 radical (unpaired) electrons. The van der Waals surface area contributed by atoms with Gasteiger partial charge in [0.25, 0.3) is 0 Å². The molecule has 122 valence electrons. The summed E-state index contributed by atoms with van der Waals surface area (Å²) in [6.45, 7) is 5.49. The first-order valence-corrected chi connectivity index (χ1v) is 7.86. The molecule has 0 spiro atoms. The van der Waals surface area contributed by atoms with E-state index in [1.54, 1.807) is 18.3 Å². The zero-order chi connectivity index (χ0) is 16.9. The zero-order valence-corrected chi connectivity index (χ0v) is 14.3. The first-order chi connectivity index (χ1) is 10.8. The largest absolute Gasteiger partial charge is 0.444 e. The van der Waals surface area contributed by atoms with E-state index >= 15 is 0 Å². The van der Waals surface area contributed by atoms with E-state index < -0.39 is 11.7 Å². The summed E-state index contributed by atoms with van der Waals surface area (Å²) in [5.74, 6) is 0. The van der Waals surface area contributed by atoms with Crippen molar-refractivity contribution in [2.75, 3.05) is 0 Å². The molecule has 1 aromatic heterocycles. The summed E-state index contributed by atoms with van der Waals surface area (Å²) in [6, 6.07) is 13.0. The third kappa shape index (κ3) is 5.91. The van der Waals surface area contributed by atoms with Gasteiger partial charge in [-0.2, -0.15) is 0 Å². The summed E-state index contributed by atoms with van der Waals surface area (Å²) in [5, 5.41) is 3.47. The van der Waals surface area contributed by atoms with Gasteiger partial charge in [0.05, 0.1) is 11.7 Å². The normalized spacial score (nSPS) is 12.5. The highest BCUT2D eigenvalue weighted by Gasteiger charge is 2.21. The standard InChI is InChI=1S/C18H21ClN2O2/c1-18(2,3)23-17(22)21-16(11-13-7-5-4-6-8-13)15-12-14(19)9-10-20-15/h4-10,12,16H,11H2,1-3H3,(H,21,22)/t16-/m0/s1. The van der Waals surface area contributed by atoms with Crippen molar-refractivity contribution in [3.8, 4) is 0 Å². The van der Waals surface area contributed by atoms with Crippen molar-refractivity contribution in [1.82, 2.24) is 10.3 Å². The van der Waals surface area contributed by atoms with E-state index in [1.807, 2.05) is 51.1 Å². The highest BCUT2D eigenvalue weighted by molar-refractivity contribution is 6.30. The first-order valence-electron chi connectivity index (χ1n) is 7.48. The quantitative estimate of drug-likeness (QED) is 0.894. The van der Waals surface area contributed by atoms with E-state index in [9.17, 15) is 4.79 Å². The molecule has 2 aromatic rings. The van der Waals surface area contributed by atoms with Crippen LogP contribution in [0.15, 0.2) is 48.7 Å². The van der Waals surface area contributed by atoms with Crippen LogP contribution >= 0.6 is 11.6 Å². The van der Waals surface area contributed by atoms with Crippen LogP contribution in [0.1, 0.15) is 38.1 Å². The molecule has 2 rings (SSSR count). The number of rotatable bonds is 4. The number of ether oxygens (including phenoxy) is 1. The van der Waals surface area contributed by atoms with Crippen molar-refractivity contribution in [1.29, 1.82) is 0 Å². The number of hydrogen-bond acceptors (Lipinski definition) is 3. The van der Waals surface area contributed by atoms with Crippen LogP contribution in [0.4, 0.5) is 4.79 Å². The van der Waals surface area contributed by atoms with Gasteiger partial charge >= 0.3 is 6.09 Å². The van der Waals surface area contributed by atoms with Crippen molar-refractivity contribution in [3.05, 3.63) is 64.9 Å². The number of halogens is 1. The predicted molar refractivity (Wildman–Crippen MR) is 91.5 cm³/mol. The number of hydrogen-bond donors (Lipinski definition) is 1. The van der Waals surface area contributed by atoms with Crippen LogP contribution < -0.4 is 5.32 Å². The van der Waals surface area contributed by atoms with E-state index in [0.717, 1.165) is 5.56 Å². The van der Waals surface area contributed by atoms with Gasteiger partial charge in [-0.15, -0.1) is 0 Å². The minimum atomic E-state index is -0.552. The van der Waals surface area contributed by atoms with Crippen LogP contribution in [0.25, 0.3) is 0 Å². The molecule has 23 heavy (non-hydrogen) atoms. The van der Waals surface area contributed by atoms with Crippen LogP contribution in [0, 0.1) is 0 Å². The molecule has 0 saturated heterocycles. The van der Waals surface area contributed by atoms with Crippen molar-refractivity contribution in [3.63, 3.8) is 0 Å². The summed E-state index contributed by atoms with van der Waals surface area (Å²) in [6.07, 6.45) is 1.76. The lowest BCUT2D eigenvalue weighted by Crippen LogP contribution is -2.36. The number of nitrogens with zero attached hydrogens (tertiary/aromatic N) is 1. The molecule has 1 heterocycles. The number of carbonyl (C=O) groups excluding carboxylic acids is 1. The van der Waals surface area contributed by atoms with E-state index in [1.165, 1.54) is 0 Å². The van der Waals surface area contributed by atoms with Crippen molar-refractivity contribution >= 4 is 17.7 Å². The molecule has 1 amide bonds. The smallest absolute Gasteiger partial charge is 0.408 e. The van der Waals surface area contributed by atoms with E-state index in [2.05, 4.69) is 10.3 Å². The Morgan fingerprint density at radius 2 is 1.96 bits per heavy atom.